The molecule has 2 aromatic carbocycles. The van der Waals surface area contributed by atoms with Gasteiger partial charge in [0.15, 0.2) is 9.84 Å². The number of likely N-dealkylation sites (tertiary alicyclic amines) is 1. The van der Waals surface area contributed by atoms with Crippen LogP contribution in [0.4, 0.5) is 0 Å². The third kappa shape index (κ3) is 5.11. The molecule has 1 aliphatic carbocycles. The lowest BCUT2D eigenvalue weighted by atomic mass is 9.86. The molecule has 4 rings (SSSR count). The number of rotatable bonds is 6. The van der Waals surface area contributed by atoms with Crippen molar-refractivity contribution in [1.29, 1.82) is 5.26 Å². The lowest BCUT2D eigenvalue weighted by Gasteiger charge is -2.35. The maximum atomic E-state index is 11.6. The van der Waals surface area contributed by atoms with Crippen LogP contribution in [0, 0.1) is 17.2 Å². The van der Waals surface area contributed by atoms with Crippen LogP contribution in [0.15, 0.2) is 47.4 Å². The van der Waals surface area contributed by atoms with Crippen molar-refractivity contribution in [2.24, 2.45) is 5.92 Å². The Morgan fingerprint density at radius 2 is 1.94 bits per heavy atom. The van der Waals surface area contributed by atoms with Gasteiger partial charge in [0, 0.05) is 24.9 Å². The highest BCUT2D eigenvalue weighted by atomic mass is 32.2. The number of nitrogens with zero attached hydrogens (tertiary/aromatic N) is 2. The van der Waals surface area contributed by atoms with Crippen LogP contribution in [-0.4, -0.2) is 44.8 Å². The van der Waals surface area contributed by atoms with Gasteiger partial charge in [0.05, 0.1) is 23.1 Å². The van der Waals surface area contributed by atoms with Gasteiger partial charge in [-0.2, -0.15) is 5.26 Å². The van der Waals surface area contributed by atoms with E-state index in [0.29, 0.717) is 35.3 Å². The topological polar surface area (TPSA) is 70.4 Å². The lowest BCUT2D eigenvalue weighted by Crippen LogP contribution is -2.41. The molecular formula is C25H30N2O3S. The Bertz CT molecular complexity index is 1070. The molecule has 31 heavy (non-hydrogen) atoms. The zero-order chi connectivity index (χ0) is 22.0. The molecule has 3 atom stereocenters. The van der Waals surface area contributed by atoms with Crippen molar-refractivity contribution in [3.05, 3.63) is 59.2 Å². The SMILES string of the molecule is C[C@@H]1C[C@H](CCOc2ccc(S(C)(=O)=O)cc2)CN1C1CCc2ccc(C#N)cc2C1. The summed E-state index contributed by atoms with van der Waals surface area (Å²) in [5, 5.41) is 9.21. The molecule has 0 amide bonds. The summed E-state index contributed by atoms with van der Waals surface area (Å²) in [6, 6.07) is 16.2. The van der Waals surface area contributed by atoms with E-state index >= 15 is 0 Å². The molecule has 2 aliphatic rings. The lowest BCUT2D eigenvalue weighted by molar-refractivity contribution is 0.168. The van der Waals surface area contributed by atoms with Gasteiger partial charge in [0.1, 0.15) is 5.75 Å². The van der Waals surface area contributed by atoms with E-state index in [-0.39, 0.29) is 0 Å². The molecule has 0 bridgehead atoms. The van der Waals surface area contributed by atoms with E-state index in [1.165, 1.54) is 30.2 Å². The van der Waals surface area contributed by atoms with Gasteiger partial charge >= 0.3 is 0 Å². The van der Waals surface area contributed by atoms with Gasteiger partial charge in [0.2, 0.25) is 0 Å². The molecule has 1 saturated heterocycles. The number of hydrogen-bond acceptors (Lipinski definition) is 5. The Labute approximate surface area is 185 Å². The Morgan fingerprint density at radius 3 is 2.65 bits per heavy atom. The van der Waals surface area contributed by atoms with Gasteiger partial charge in [-0.25, -0.2) is 8.42 Å². The average molecular weight is 439 g/mol. The van der Waals surface area contributed by atoms with Crippen molar-refractivity contribution < 1.29 is 13.2 Å². The second kappa shape index (κ2) is 9.02. The van der Waals surface area contributed by atoms with Gasteiger partial charge in [-0.3, -0.25) is 4.90 Å². The molecule has 0 aromatic heterocycles. The summed E-state index contributed by atoms with van der Waals surface area (Å²) < 4.78 is 29.0. The van der Waals surface area contributed by atoms with E-state index in [1.807, 2.05) is 6.07 Å². The highest BCUT2D eigenvalue weighted by Crippen LogP contribution is 2.33. The second-order valence-electron chi connectivity index (χ2n) is 9.02. The summed E-state index contributed by atoms with van der Waals surface area (Å²) in [6.45, 7) is 4.06. The van der Waals surface area contributed by atoms with Crippen LogP contribution >= 0.6 is 0 Å². The minimum absolute atomic E-state index is 0.316. The Kier molecular flexibility index (Phi) is 6.36. The fourth-order valence-electron chi connectivity index (χ4n) is 5.11. The molecule has 0 N–H and O–H groups in total. The molecule has 0 radical (unpaired) electrons. The number of sulfone groups is 1. The average Bonchev–Trinajstić information content (AvgIpc) is 3.13. The Hall–Kier alpha value is -2.36. The number of hydrogen-bond donors (Lipinski definition) is 0. The summed E-state index contributed by atoms with van der Waals surface area (Å²) in [5.74, 6) is 1.32. The van der Waals surface area contributed by atoms with Crippen molar-refractivity contribution >= 4 is 9.84 Å². The summed E-state index contributed by atoms with van der Waals surface area (Å²) in [7, 11) is -3.18. The molecular weight excluding hydrogens is 408 g/mol. The van der Waals surface area contributed by atoms with E-state index in [9.17, 15) is 13.7 Å². The van der Waals surface area contributed by atoms with Crippen molar-refractivity contribution in [3.63, 3.8) is 0 Å². The number of nitriles is 1. The first-order chi connectivity index (χ1) is 14.8. The zero-order valence-electron chi connectivity index (χ0n) is 18.3. The van der Waals surface area contributed by atoms with Crippen LogP contribution in [0.2, 0.25) is 0 Å². The van der Waals surface area contributed by atoms with Crippen molar-refractivity contribution in [2.45, 2.75) is 56.0 Å². The second-order valence-corrected chi connectivity index (χ2v) is 11.0. The van der Waals surface area contributed by atoms with E-state index in [1.54, 1.807) is 24.3 Å². The normalized spacial score (nSPS) is 23.8. The summed E-state index contributed by atoms with van der Waals surface area (Å²) in [5.41, 5.74) is 3.49. The third-order valence-electron chi connectivity index (χ3n) is 6.76. The monoisotopic (exact) mass is 438 g/mol. The highest BCUT2D eigenvalue weighted by Gasteiger charge is 2.35. The summed E-state index contributed by atoms with van der Waals surface area (Å²) in [4.78, 5) is 2.98. The van der Waals surface area contributed by atoms with Gasteiger partial charge in [0.25, 0.3) is 0 Å². The molecule has 2 aromatic rings. The maximum Gasteiger partial charge on any atom is 0.175 e. The largest absolute Gasteiger partial charge is 0.494 e. The van der Waals surface area contributed by atoms with E-state index < -0.39 is 9.84 Å². The molecule has 0 spiro atoms. The van der Waals surface area contributed by atoms with E-state index in [2.05, 4.69) is 30.0 Å². The number of benzene rings is 2. The number of fused-ring (bicyclic) bond motifs is 1. The molecule has 1 fully saturated rings. The summed E-state index contributed by atoms with van der Waals surface area (Å²) >= 11 is 0. The first-order valence-corrected chi connectivity index (χ1v) is 12.9. The van der Waals surface area contributed by atoms with E-state index in [4.69, 9.17) is 4.74 Å². The minimum atomic E-state index is -3.18. The molecule has 1 heterocycles. The van der Waals surface area contributed by atoms with Crippen LogP contribution in [-0.2, 0) is 22.7 Å². The first-order valence-electron chi connectivity index (χ1n) is 11.0. The molecule has 6 heteroatoms. The van der Waals surface area contributed by atoms with Gasteiger partial charge in [-0.15, -0.1) is 0 Å². The zero-order valence-corrected chi connectivity index (χ0v) is 19.1. The quantitative estimate of drug-likeness (QED) is 0.682. The van der Waals surface area contributed by atoms with Gasteiger partial charge < -0.3 is 4.74 Å². The molecule has 1 unspecified atom stereocenters. The van der Waals surface area contributed by atoms with Crippen LogP contribution < -0.4 is 4.74 Å². The molecule has 0 saturated carbocycles. The minimum Gasteiger partial charge on any atom is -0.494 e. The van der Waals surface area contributed by atoms with Crippen LogP contribution in [0.25, 0.3) is 0 Å². The van der Waals surface area contributed by atoms with Gasteiger partial charge in [-0.1, -0.05) is 6.07 Å². The summed E-state index contributed by atoms with van der Waals surface area (Å²) in [6.07, 6.45) is 6.69. The van der Waals surface area contributed by atoms with Crippen molar-refractivity contribution in [2.75, 3.05) is 19.4 Å². The molecule has 1 aliphatic heterocycles. The fourth-order valence-corrected chi connectivity index (χ4v) is 5.74. The highest BCUT2D eigenvalue weighted by molar-refractivity contribution is 7.90. The fraction of sp³-hybridized carbons (Fsp3) is 0.480. The molecule has 5 nitrogen and oxygen atoms in total. The van der Waals surface area contributed by atoms with Crippen LogP contribution in [0.3, 0.4) is 0 Å². The maximum absolute atomic E-state index is 11.6. The Morgan fingerprint density at radius 1 is 1.16 bits per heavy atom. The molecule has 164 valence electrons. The van der Waals surface area contributed by atoms with Crippen molar-refractivity contribution in [1.82, 2.24) is 4.90 Å². The standard InChI is InChI=1S/C25H30N2O3S/c1-18-13-20(11-12-30-24-7-9-25(10-8-24)31(2,28)29)17-27(18)23-6-5-21-4-3-19(16-26)14-22(21)15-23/h3-4,7-10,14,18,20,23H,5-6,11-13,15,17H2,1-2H3/t18-,20+,23?/m1/s1. The predicted molar refractivity (Wildman–Crippen MR) is 121 cm³/mol. The number of ether oxygens (including phenoxy) is 1. The smallest absolute Gasteiger partial charge is 0.175 e. The van der Waals surface area contributed by atoms with Crippen molar-refractivity contribution in [3.8, 4) is 11.8 Å². The Balaban J connectivity index is 1.29. The van der Waals surface area contributed by atoms with Gasteiger partial charge in [-0.05, 0) is 92.5 Å². The third-order valence-corrected chi connectivity index (χ3v) is 7.89. The predicted octanol–water partition coefficient (Wildman–Crippen LogP) is 4.00. The first kappa shape index (κ1) is 21.9. The van der Waals surface area contributed by atoms with E-state index in [0.717, 1.165) is 31.4 Å². The van der Waals surface area contributed by atoms with Crippen LogP contribution in [0.5, 0.6) is 5.75 Å². The number of aryl methyl sites for hydroxylation is 1. The van der Waals surface area contributed by atoms with Crippen LogP contribution in [0.1, 0.15) is 42.9 Å².